The van der Waals surface area contributed by atoms with Gasteiger partial charge < -0.3 is 10.1 Å². The Balaban J connectivity index is 1.20. The molecule has 0 spiro atoms. The van der Waals surface area contributed by atoms with E-state index < -0.39 is 0 Å². The van der Waals surface area contributed by atoms with E-state index in [2.05, 4.69) is 34.5 Å². The summed E-state index contributed by atoms with van der Waals surface area (Å²) < 4.78 is 5.96. The van der Waals surface area contributed by atoms with Crippen molar-refractivity contribution < 1.29 is 9.53 Å². The number of hydrogen-bond donors (Lipinski definition) is 1. The fraction of sp³-hybridized carbons (Fsp3) is 0.296. The van der Waals surface area contributed by atoms with Crippen molar-refractivity contribution in [3.8, 4) is 11.5 Å². The van der Waals surface area contributed by atoms with Crippen LogP contribution in [0.1, 0.15) is 30.4 Å². The van der Waals surface area contributed by atoms with E-state index in [1.165, 1.54) is 11.1 Å². The smallest absolute Gasteiger partial charge is 0.220 e. The number of nitrogens with one attached hydrogen (secondary N) is 1. The lowest BCUT2D eigenvalue weighted by Crippen LogP contribution is -2.44. The monoisotopic (exact) mass is 414 g/mol. The molecular formula is C27H30N2O2. The van der Waals surface area contributed by atoms with E-state index in [-0.39, 0.29) is 11.9 Å². The highest BCUT2D eigenvalue weighted by Gasteiger charge is 2.20. The Kier molecular flexibility index (Phi) is 7.35. The second-order valence-electron chi connectivity index (χ2n) is 8.17. The number of likely N-dealkylation sites (tertiary alicyclic amines) is 1. The maximum Gasteiger partial charge on any atom is 0.220 e. The van der Waals surface area contributed by atoms with Gasteiger partial charge in [-0.05, 0) is 54.7 Å². The number of hydrogen-bond acceptors (Lipinski definition) is 3. The Labute approximate surface area is 184 Å². The summed E-state index contributed by atoms with van der Waals surface area (Å²) in [5, 5.41) is 3.22. The minimum Gasteiger partial charge on any atom is -0.457 e. The third kappa shape index (κ3) is 6.69. The first-order valence-electron chi connectivity index (χ1n) is 11.1. The molecule has 0 bridgehead atoms. The zero-order valence-electron chi connectivity index (χ0n) is 17.9. The lowest BCUT2D eigenvalue weighted by molar-refractivity contribution is -0.122. The third-order valence-electron chi connectivity index (χ3n) is 5.72. The van der Waals surface area contributed by atoms with Crippen LogP contribution in [0.4, 0.5) is 0 Å². The van der Waals surface area contributed by atoms with Crippen LogP contribution >= 0.6 is 0 Å². The van der Waals surface area contributed by atoms with E-state index >= 15 is 0 Å². The molecule has 1 amide bonds. The van der Waals surface area contributed by atoms with Gasteiger partial charge in [-0.15, -0.1) is 0 Å². The minimum atomic E-state index is 0.160. The molecule has 4 rings (SSSR count). The normalized spacial score (nSPS) is 14.8. The molecule has 3 aromatic carbocycles. The van der Waals surface area contributed by atoms with Crippen molar-refractivity contribution in [2.75, 3.05) is 13.1 Å². The van der Waals surface area contributed by atoms with Gasteiger partial charge in [-0.1, -0.05) is 60.7 Å². The summed E-state index contributed by atoms with van der Waals surface area (Å²) in [5.74, 6) is 1.88. The molecule has 4 heteroatoms. The Morgan fingerprint density at radius 3 is 2.23 bits per heavy atom. The van der Waals surface area contributed by atoms with Crippen LogP contribution in [0.2, 0.25) is 0 Å². The summed E-state index contributed by atoms with van der Waals surface area (Å²) in [7, 11) is 0. The highest BCUT2D eigenvalue weighted by molar-refractivity contribution is 5.76. The number of ether oxygens (including phenoxy) is 1. The van der Waals surface area contributed by atoms with Gasteiger partial charge in [0.25, 0.3) is 0 Å². The Morgan fingerprint density at radius 2 is 1.48 bits per heavy atom. The van der Waals surface area contributed by atoms with Gasteiger partial charge in [-0.25, -0.2) is 0 Å². The highest BCUT2D eigenvalue weighted by atomic mass is 16.5. The van der Waals surface area contributed by atoms with Crippen molar-refractivity contribution in [2.45, 2.75) is 38.3 Å². The van der Waals surface area contributed by atoms with Crippen LogP contribution in [0.3, 0.4) is 0 Å². The van der Waals surface area contributed by atoms with Crippen molar-refractivity contribution in [1.29, 1.82) is 0 Å². The summed E-state index contributed by atoms with van der Waals surface area (Å²) in [4.78, 5) is 14.8. The van der Waals surface area contributed by atoms with Crippen molar-refractivity contribution >= 4 is 5.91 Å². The molecule has 1 aliphatic heterocycles. The third-order valence-corrected chi connectivity index (χ3v) is 5.72. The first-order valence-corrected chi connectivity index (χ1v) is 11.1. The number of para-hydroxylation sites is 1. The molecule has 0 saturated carbocycles. The maximum absolute atomic E-state index is 12.3. The van der Waals surface area contributed by atoms with Gasteiger partial charge in [0.2, 0.25) is 5.91 Å². The van der Waals surface area contributed by atoms with Gasteiger partial charge in [-0.2, -0.15) is 0 Å². The number of carbonyl (C=O) groups is 1. The van der Waals surface area contributed by atoms with E-state index in [1.807, 2.05) is 60.7 Å². The zero-order valence-corrected chi connectivity index (χ0v) is 17.9. The SMILES string of the molecule is O=C(CCc1ccccc1)NC1CCN(Cc2cccc(Oc3ccccc3)c2)CC1. The lowest BCUT2D eigenvalue weighted by atomic mass is 10.0. The molecule has 0 radical (unpaired) electrons. The van der Waals surface area contributed by atoms with Crippen LogP contribution in [0.25, 0.3) is 0 Å². The molecule has 0 unspecified atom stereocenters. The van der Waals surface area contributed by atoms with E-state index in [4.69, 9.17) is 4.74 Å². The number of nitrogens with zero attached hydrogens (tertiary/aromatic N) is 1. The summed E-state index contributed by atoms with van der Waals surface area (Å²) in [6.07, 6.45) is 3.35. The number of amides is 1. The molecule has 1 fully saturated rings. The molecule has 0 aromatic heterocycles. The zero-order chi connectivity index (χ0) is 21.3. The van der Waals surface area contributed by atoms with Crippen LogP contribution in [0.5, 0.6) is 11.5 Å². The standard InChI is InChI=1S/C27H30N2O2/c30-27(15-14-22-8-3-1-4-9-22)28-24-16-18-29(19-17-24)21-23-10-7-13-26(20-23)31-25-11-5-2-6-12-25/h1-13,20,24H,14-19,21H2,(H,28,30). The highest BCUT2D eigenvalue weighted by Crippen LogP contribution is 2.23. The van der Waals surface area contributed by atoms with Crippen LogP contribution < -0.4 is 10.1 Å². The van der Waals surface area contributed by atoms with E-state index in [1.54, 1.807) is 0 Å². The predicted octanol–water partition coefficient (Wildman–Crippen LogP) is 5.19. The lowest BCUT2D eigenvalue weighted by Gasteiger charge is -2.32. The average Bonchev–Trinajstić information content (AvgIpc) is 2.81. The van der Waals surface area contributed by atoms with Crippen LogP contribution in [0, 0.1) is 0 Å². The van der Waals surface area contributed by atoms with Gasteiger partial charge in [-0.3, -0.25) is 9.69 Å². The molecule has 31 heavy (non-hydrogen) atoms. The molecule has 0 atom stereocenters. The second-order valence-corrected chi connectivity index (χ2v) is 8.17. The number of piperidine rings is 1. The number of rotatable bonds is 8. The van der Waals surface area contributed by atoms with Crippen molar-refractivity contribution in [3.05, 3.63) is 96.1 Å². The van der Waals surface area contributed by atoms with E-state index in [9.17, 15) is 4.79 Å². The van der Waals surface area contributed by atoms with Gasteiger partial charge in [0, 0.05) is 32.1 Å². The summed E-state index contributed by atoms with van der Waals surface area (Å²) in [5.41, 5.74) is 2.46. The molecule has 1 aliphatic rings. The van der Waals surface area contributed by atoms with Gasteiger partial charge in [0.1, 0.15) is 11.5 Å². The van der Waals surface area contributed by atoms with Gasteiger partial charge >= 0.3 is 0 Å². The van der Waals surface area contributed by atoms with Crippen LogP contribution in [-0.4, -0.2) is 29.9 Å². The molecule has 160 valence electrons. The van der Waals surface area contributed by atoms with Gasteiger partial charge in [0.05, 0.1) is 0 Å². The van der Waals surface area contributed by atoms with Gasteiger partial charge in [0.15, 0.2) is 0 Å². The molecule has 1 saturated heterocycles. The van der Waals surface area contributed by atoms with Crippen molar-refractivity contribution in [2.24, 2.45) is 0 Å². The average molecular weight is 415 g/mol. The number of benzene rings is 3. The van der Waals surface area contributed by atoms with Crippen molar-refractivity contribution in [3.63, 3.8) is 0 Å². The molecule has 4 nitrogen and oxygen atoms in total. The molecule has 1 N–H and O–H groups in total. The maximum atomic E-state index is 12.3. The minimum absolute atomic E-state index is 0.160. The van der Waals surface area contributed by atoms with E-state index in [0.717, 1.165) is 50.4 Å². The summed E-state index contributed by atoms with van der Waals surface area (Å²) in [6, 6.07) is 28.6. The van der Waals surface area contributed by atoms with Crippen LogP contribution in [0.15, 0.2) is 84.9 Å². The molecule has 1 heterocycles. The number of carbonyl (C=O) groups excluding carboxylic acids is 1. The summed E-state index contributed by atoms with van der Waals surface area (Å²) in [6.45, 7) is 2.89. The van der Waals surface area contributed by atoms with Crippen LogP contribution in [-0.2, 0) is 17.8 Å². The van der Waals surface area contributed by atoms with Crippen molar-refractivity contribution in [1.82, 2.24) is 10.2 Å². The fourth-order valence-electron chi connectivity index (χ4n) is 4.03. The topological polar surface area (TPSA) is 41.6 Å². The number of aryl methyl sites for hydroxylation is 1. The first-order chi connectivity index (χ1) is 15.2. The Hall–Kier alpha value is -3.11. The molecule has 0 aliphatic carbocycles. The second kappa shape index (κ2) is 10.8. The fourth-order valence-corrected chi connectivity index (χ4v) is 4.03. The molecule has 3 aromatic rings. The Bertz CT molecular complexity index is 951. The van der Waals surface area contributed by atoms with E-state index in [0.29, 0.717) is 6.42 Å². The largest absolute Gasteiger partial charge is 0.457 e. The predicted molar refractivity (Wildman–Crippen MR) is 124 cm³/mol. The molecular weight excluding hydrogens is 384 g/mol. The summed E-state index contributed by atoms with van der Waals surface area (Å²) >= 11 is 0. The quantitative estimate of drug-likeness (QED) is 0.551. The first kappa shape index (κ1) is 21.1. The Morgan fingerprint density at radius 1 is 0.839 bits per heavy atom.